The molecular weight excluding hydrogens is 220 g/mol. The molecule has 96 valence electrons. The third kappa shape index (κ3) is 2.72. The fourth-order valence-electron chi connectivity index (χ4n) is 2.98. The maximum Gasteiger partial charge on any atom is 0.137 e. The lowest BCUT2D eigenvalue weighted by Gasteiger charge is -2.17. The van der Waals surface area contributed by atoms with E-state index < -0.39 is 0 Å². The van der Waals surface area contributed by atoms with E-state index in [4.69, 9.17) is 0 Å². The van der Waals surface area contributed by atoms with Gasteiger partial charge in [0.2, 0.25) is 0 Å². The van der Waals surface area contributed by atoms with Crippen LogP contribution >= 0.6 is 0 Å². The van der Waals surface area contributed by atoms with Crippen LogP contribution in [-0.2, 0) is 4.79 Å². The van der Waals surface area contributed by atoms with E-state index in [-0.39, 0.29) is 5.92 Å². The number of hydrogen-bond acceptors (Lipinski definition) is 1. The summed E-state index contributed by atoms with van der Waals surface area (Å²) in [6, 6.07) is 8.38. The summed E-state index contributed by atoms with van der Waals surface area (Å²) < 4.78 is 0. The molecule has 0 saturated heterocycles. The van der Waals surface area contributed by atoms with E-state index in [0.29, 0.717) is 11.7 Å². The first-order valence-electron chi connectivity index (χ1n) is 6.87. The Morgan fingerprint density at radius 2 is 1.94 bits per heavy atom. The van der Waals surface area contributed by atoms with Crippen LogP contribution in [0.1, 0.15) is 57.1 Å². The second-order valence-corrected chi connectivity index (χ2v) is 5.51. The molecule has 0 saturated carbocycles. The molecule has 2 unspecified atom stereocenters. The van der Waals surface area contributed by atoms with Crippen molar-refractivity contribution < 1.29 is 4.79 Å². The molecule has 0 spiro atoms. The number of ketones is 1. The van der Waals surface area contributed by atoms with Crippen LogP contribution in [0.15, 0.2) is 30.3 Å². The van der Waals surface area contributed by atoms with E-state index in [2.05, 4.69) is 38.1 Å². The monoisotopic (exact) mass is 242 g/mol. The molecule has 0 bridgehead atoms. The quantitative estimate of drug-likeness (QED) is 0.704. The molecule has 1 aliphatic rings. The summed E-state index contributed by atoms with van der Waals surface area (Å²) in [4.78, 5) is 11.9. The smallest absolute Gasteiger partial charge is 0.137 e. The topological polar surface area (TPSA) is 17.1 Å². The minimum atomic E-state index is 0.0786. The van der Waals surface area contributed by atoms with Gasteiger partial charge in [-0.05, 0) is 49.3 Å². The average Bonchev–Trinajstić information content (AvgIpc) is 2.39. The summed E-state index contributed by atoms with van der Waals surface area (Å²) in [5.74, 6) is 0.975. The SMILES string of the molecule is CC(=O)C1CCCC(C)/C=C(/C)c2ccccc21. The van der Waals surface area contributed by atoms with E-state index in [9.17, 15) is 4.79 Å². The number of Topliss-reactive ketones (excluding diaryl/α,β-unsaturated/α-hetero) is 1. The van der Waals surface area contributed by atoms with E-state index in [0.717, 1.165) is 12.8 Å². The summed E-state index contributed by atoms with van der Waals surface area (Å²) in [5.41, 5.74) is 3.78. The molecule has 2 atom stereocenters. The molecule has 2 rings (SSSR count). The standard InChI is InChI=1S/C17H22O/c1-12-7-6-10-16(14(3)18)17-9-5-4-8-15(17)13(2)11-12/h4-5,8-9,11-12,16H,6-7,10H2,1-3H3/b13-11-. The van der Waals surface area contributed by atoms with Gasteiger partial charge in [-0.2, -0.15) is 0 Å². The molecule has 0 N–H and O–H groups in total. The number of allylic oxidation sites excluding steroid dienone is 2. The Labute approximate surface area is 110 Å². The maximum atomic E-state index is 11.9. The van der Waals surface area contributed by atoms with Crippen molar-refractivity contribution in [1.82, 2.24) is 0 Å². The second-order valence-electron chi connectivity index (χ2n) is 5.51. The summed E-state index contributed by atoms with van der Waals surface area (Å²) >= 11 is 0. The van der Waals surface area contributed by atoms with Gasteiger partial charge < -0.3 is 0 Å². The van der Waals surface area contributed by atoms with Crippen LogP contribution in [0.3, 0.4) is 0 Å². The van der Waals surface area contributed by atoms with E-state index in [1.807, 2.05) is 6.07 Å². The number of benzene rings is 1. The van der Waals surface area contributed by atoms with Crippen molar-refractivity contribution in [2.45, 2.75) is 46.0 Å². The van der Waals surface area contributed by atoms with Gasteiger partial charge >= 0.3 is 0 Å². The van der Waals surface area contributed by atoms with Crippen molar-refractivity contribution in [1.29, 1.82) is 0 Å². The van der Waals surface area contributed by atoms with E-state index in [1.165, 1.54) is 23.1 Å². The zero-order valence-corrected chi connectivity index (χ0v) is 11.6. The van der Waals surface area contributed by atoms with Crippen LogP contribution < -0.4 is 0 Å². The third-order valence-corrected chi connectivity index (χ3v) is 3.94. The van der Waals surface area contributed by atoms with Crippen LogP contribution in [0.25, 0.3) is 5.57 Å². The molecule has 0 fully saturated rings. The predicted molar refractivity (Wildman–Crippen MR) is 76.5 cm³/mol. The number of carbonyl (C=O) groups is 1. The largest absolute Gasteiger partial charge is 0.299 e. The van der Waals surface area contributed by atoms with Gasteiger partial charge in [0.05, 0.1) is 0 Å². The molecule has 18 heavy (non-hydrogen) atoms. The van der Waals surface area contributed by atoms with Gasteiger partial charge in [-0.1, -0.05) is 43.7 Å². The minimum absolute atomic E-state index is 0.0786. The van der Waals surface area contributed by atoms with Gasteiger partial charge in [-0.3, -0.25) is 4.79 Å². The highest BCUT2D eigenvalue weighted by Gasteiger charge is 2.21. The highest BCUT2D eigenvalue weighted by Crippen LogP contribution is 2.33. The Kier molecular flexibility index (Phi) is 4.00. The molecule has 1 heteroatoms. The van der Waals surface area contributed by atoms with Crippen molar-refractivity contribution in [2.24, 2.45) is 5.92 Å². The normalized spacial score (nSPS) is 27.2. The lowest BCUT2D eigenvalue weighted by atomic mass is 9.86. The zero-order valence-electron chi connectivity index (χ0n) is 11.6. The molecule has 0 aromatic heterocycles. The Morgan fingerprint density at radius 3 is 2.67 bits per heavy atom. The Bertz CT molecular complexity index is 470. The molecular formula is C17H22O. The molecule has 1 aromatic rings. The first kappa shape index (κ1) is 13.1. The minimum Gasteiger partial charge on any atom is -0.299 e. The second kappa shape index (κ2) is 5.51. The van der Waals surface area contributed by atoms with Crippen LogP contribution in [-0.4, -0.2) is 5.78 Å². The predicted octanol–water partition coefficient (Wildman–Crippen LogP) is 4.58. The molecule has 0 radical (unpaired) electrons. The zero-order chi connectivity index (χ0) is 13.1. The van der Waals surface area contributed by atoms with Gasteiger partial charge in [0, 0.05) is 5.92 Å². The fourth-order valence-corrected chi connectivity index (χ4v) is 2.98. The van der Waals surface area contributed by atoms with E-state index >= 15 is 0 Å². The summed E-state index contributed by atoms with van der Waals surface area (Å²) in [6.07, 6.45) is 5.64. The summed E-state index contributed by atoms with van der Waals surface area (Å²) in [6.45, 7) is 6.15. The van der Waals surface area contributed by atoms with Crippen molar-refractivity contribution in [3.8, 4) is 0 Å². The van der Waals surface area contributed by atoms with Crippen molar-refractivity contribution in [3.05, 3.63) is 41.5 Å². The third-order valence-electron chi connectivity index (χ3n) is 3.94. The number of carbonyl (C=O) groups excluding carboxylic acids is 1. The lowest BCUT2D eigenvalue weighted by Crippen LogP contribution is -2.10. The highest BCUT2D eigenvalue weighted by molar-refractivity contribution is 5.85. The van der Waals surface area contributed by atoms with Gasteiger partial charge in [0.25, 0.3) is 0 Å². The van der Waals surface area contributed by atoms with Crippen molar-refractivity contribution in [3.63, 3.8) is 0 Å². The number of hydrogen-bond donors (Lipinski definition) is 0. The molecule has 0 heterocycles. The first-order valence-corrected chi connectivity index (χ1v) is 6.87. The Hall–Kier alpha value is -1.37. The Morgan fingerprint density at radius 1 is 1.22 bits per heavy atom. The fraction of sp³-hybridized carbons (Fsp3) is 0.471. The van der Waals surface area contributed by atoms with E-state index in [1.54, 1.807) is 6.92 Å². The maximum absolute atomic E-state index is 11.9. The molecule has 0 amide bonds. The van der Waals surface area contributed by atoms with Gasteiger partial charge in [-0.15, -0.1) is 0 Å². The van der Waals surface area contributed by atoms with Crippen LogP contribution in [0.5, 0.6) is 0 Å². The molecule has 1 aromatic carbocycles. The molecule has 0 aliphatic heterocycles. The number of rotatable bonds is 1. The average molecular weight is 242 g/mol. The summed E-state index contributed by atoms with van der Waals surface area (Å²) in [7, 11) is 0. The lowest BCUT2D eigenvalue weighted by molar-refractivity contribution is -0.118. The van der Waals surface area contributed by atoms with Crippen molar-refractivity contribution in [2.75, 3.05) is 0 Å². The first-order chi connectivity index (χ1) is 8.59. The van der Waals surface area contributed by atoms with Crippen LogP contribution in [0.4, 0.5) is 0 Å². The highest BCUT2D eigenvalue weighted by atomic mass is 16.1. The van der Waals surface area contributed by atoms with Crippen molar-refractivity contribution >= 4 is 11.4 Å². The number of fused-ring (bicyclic) bond motifs is 1. The van der Waals surface area contributed by atoms with Gasteiger partial charge in [0.1, 0.15) is 5.78 Å². The summed E-state index contributed by atoms with van der Waals surface area (Å²) in [5, 5.41) is 0. The van der Waals surface area contributed by atoms with Crippen LogP contribution in [0, 0.1) is 5.92 Å². The van der Waals surface area contributed by atoms with Crippen LogP contribution in [0.2, 0.25) is 0 Å². The van der Waals surface area contributed by atoms with Gasteiger partial charge in [0.15, 0.2) is 0 Å². The van der Waals surface area contributed by atoms with Gasteiger partial charge in [-0.25, -0.2) is 0 Å². The Balaban J connectivity index is 2.52. The molecule has 1 aliphatic carbocycles. The molecule has 1 nitrogen and oxygen atoms in total.